The van der Waals surface area contributed by atoms with E-state index in [2.05, 4.69) is 30.1 Å². The maximum Gasteiger partial charge on any atom is 0.225 e. The van der Waals surface area contributed by atoms with E-state index >= 15 is 0 Å². The van der Waals surface area contributed by atoms with Gasteiger partial charge in [0.2, 0.25) is 5.91 Å². The number of methoxy groups -OCH3 is 1. The Morgan fingerprint density at radius 3 is 2.73 bits per heavy atom. The lowest BCUT2D eigenvalue weighted by molar-refractivity contribution is -0.127. The summed E-state index contributed by atoms with van der Waals surface area (Å²) in [7, 11) is 1.71. The van der Waals surface area contributed by atoms with Crippen LogP contribution in [-0.4, -0.2) is 50.3 Å². The van der Waals surface area contributed by atoms with Crippen LogP contribution in [0.15, 0.2) is 24.3 Å². The van der Waals surface area contributed by atoms with Gasteiger partial charge in [-0.3, -0.25) is 9.69 Å². The number of ether oxygens (including phenoxy) is 2. The van der Waals surface area contributed by atoms with E-state index < -0.39 is 0 Å². The van der Waals surface area contributed by atoms with Gasteiger partial charge in [-0.05, 0) is 44.3 Å². The minimum atomic E-state index is -0.0353. The highest BCUT2D eigenvalue weighted by Crippen LogP contribution is 2.32. The van der Waals surface area contributed by atoms with E-state index in [4.69, 9.17) is 9.47 Å². The summed E-state index contributed by atoms with van der Waals surface area (Å²) in [6.07, 6.45) is 3.28. The number of likely N-dealkylation sites (tertiary alicyclic amines) is 1. The third-order valence-electron chi connectivity index (χ3n) is 5.68. The number of hydrogen-bond donors (Lipinski definition) is 1. The fourth-order valence-corrected chi connectivity index (χ4v) is 4.31. The Labute approximate surface area is 157 Å². The Hall–Kier alpha value is -1.59. The van der Waals surface area contributed by atoms with Gasteiger partial charge in [-0.15, -0.1) is 0 Å². The molecule has 2 aliphatic rings. The van der Waals surface area contributed by atoms with Crippen molar-refractivity contribution < 1.29 is 14.3 Å². The summed E-state index contributed by atoms with van der Waals surface area (Å²) in [5, 5.41) is 3.22. The monoisotopic (exact) mass is 360 g/mol. The molecule has 5 heteroatoms. The normalized spacial score (nSPS) is 24.8. The van der Waals surface area contributed by atoms with E-state index in [1.807, 2.05) is 18.2 Å². The molecule has 0 aromatic heterocycles. The number of benzene rings is 1. The minimum Gasteiger partial charge on any atom is -0.496 e. The van der Waals surface area contributed by atoms with Gasteiger partial charge in [0.05, 0.1) is 25.2 Å². The molecule has 0 unspecified atom stereocenters. The zero-order valence-electron chi connectivity index (χ0n) is 16.2. The predicted molar refractivity (Wildman–Crippen MR) is 102 cm³/mol. The summed E-state index contributed by atoms with van der Waals surface area (Å²) in [5.41, 5.74) is 1.15. The van der Waals surface area contributed by atoms with Gasteiger partial charge < -0.3 is 14.8 Å². The topological polar surface area (TPSA) is 50.8 Å². The lowest BCUT2D eigenvalue weighted by atomic mass is 9.92. The van der Waals surface area contributed by atoms with Crippen molar-refractivity contribution in [3.63, 3.8) is 0 Å². The van der Waals surface area contributed by atoms with Crippen LogP contribution in [0, 0.1) is 11.8 Å². The summed E-state index contributed by atoms with van der Waals surface area (Å²) in [6.45, 7) is 7.68. The second-order valence-corrected chi connectivity index (χ2v) is 7.72. The van der Waals surface area contributed by atoms with Crippen molar-refractivity contribution >= 4 is 5.91 Å². The van der Waals surface area contributed by atoms with E-state index in [0.29, 0.717) is 19.1 Å². The molecule has 144 valence electrons. The molecule has 0 saturated carbocycles. The summed E-state index contributed by atoms with van der Waals surface area (Å²) in [6, 6.07) is 8.30. The van der Waals surface area contributed by atoms with Crippen LogP contribution in [0.4, 0.5) is 0 Å². The van der Waals surface area contributed by atoms with Crippen LogP contribution in [0.1, 0.15) is 44.7 Å². The van der Waals surface area contributed by atoms with Crippen LogP contribution in [0.25, 0.3) is 0 Å². The van der Waals surface area contributed by atoms with Gasteiger partial charge in [0.25, 0.3) is 0 Å². The van der Waals surface area contributed by atoms with Gasteiger partial charge in [0.1, 0.15) is 5.75 Å². The summed E-state index contributed by atoms with van der Waals surface area (Å²) >= 11 is 0. The quantitative estimate of drug-likeness (QED) is 0.812. The number of para-hydroxylation sites is 1. The first-order valence-corrected chi connectivity index (χ1v) is 9.88. The van der Waals surface area contributed by atoms with Crippen LogP contribution in [-0.2, 0) is 9.53 Å². The molecule has 1 aromatic rings. The third kappa shape index (κ3) is 4.21. The predicted octanol–water partition coefficient (Wildman–Crippen LogP) is 3.01. The first-order valence-electron chi connectivity index (χ1n) is 9.88. The fourth-order valence-electron chi connectivity index (χ4n) is 4.31. The highest BCUT2D eigenvalue weighted by molar-refractivity contribution is 5.79. The Bertz CT molecular complexity index is 599. The molecular weight excluding hydrogens is 328 g/mol. The molecule has 2 heterocycles. The largest absolute Gasteiger partial charge is 0.496 e. The molecule has 1 amide bonds. The molecular formula is C21H32N2O3. The van der Waals surface area contributed by atoms with Gasteiger partial charge in [-0.25, -0.2) is 0 Å². The Balaban J connectivity index is 1.71. The molecule has 0 bridgehead atoms. The molecule has 26 heavy (non-hydrogen) atoms. The maximum absolute atomic E-state index is 12.8. The van der Waals surface area contributed by atoms with E-state index in [9.17, 15) is 4.79 Å². The van der Waals surface area contributed by atoms with Crippen LogP contribution in [0.2, 0.25) is 0 Å². The highest BCUT2D eigenvalue weighted by atomic mass is 16.5. The number of carbonyl (C=O) groups is 1. The molecule has 5 nitrogen and oxygen atoms in total. The van der Waals surface area contributed by atoms with Crippen molar-refractivity contribution in [1.82, 2.24) is 10.2 Å². The Kier molecular flexibility index (Phi) is 6.54. The van der Waals surface area contributed by atoms with E-state index in [0.717, 1.165) is 30.8 Å². The van der Waals surface area contributed by atoms with Crippen molar-refractivity contribution in [1.29, 1.82) is 0 Å². The summed E-state index contributed by atoms with van der Waals surface area (Å²) in [5.74, 6) is 1.34. The number of hydrogen-bond acceptors (Lipinski definition) is 4. The zero-order chi connectivity index (χ0) is 18.5. The first kappa shape index (κ1) is 19.2. The fraction of sp³-hybridized carbons (Fsp3) is 0.667. The Morgan fingerprint density at radius 1 is 1.31 bits per heavy atom. The molecule has 0 spiro atoms. The second kappa shape index (κ2) is 8.87. The molecule has 2 fully saturated rings. The molecule has 3 atom stereocenters. The maximum atomic E-state index is 12.8. The van der Waals surface area contributed by atoms with Gasteiger partial charge in [-0.2, -0.15) is 0 Å². The van der Waals surface area contributed by atoms with Gasteiger partial charge in [0.15, 0.2) is 0 Å². The van der Waals surface area contributed by atoms with Crippen molar-refractivity contribution in [2.24, 2.45) is 11.8 Å². The number of rotatable bonds is 7. The number of nitrogens with one attached hydrogen (secondary N) is 1. The van der Waals surface area contributed by atoms with Crippen molar-refractivity contribution in [3.8, 4) is 5.75 Å². The first-order chi connectivity index (χ1) is 12.6. The molecule has 1 aromatic carbocycles. The highest BCUT2D eigenvalue weighted by Gasteiger charge is 2.36. The van der Waals surface area contributed by atoms with E-state index in [-0.39, 0.29) is 24.0 Å². The molecule has 2 saturated heterocycles. The third-order valence-corrected chi connectivity index (χ3v) is 5.68. The van der Waals surface area contributed by atoms with Crippen LogP contribution >= 0.6 is 0 Å². The van der Waals surface area contributed by atoms with E-state index in [1.165, 1.54) is 12.8 Å². The van der Waals surface area contributed by atoms with Gasteiger partial charge in [0, 0.05) is 18.7 Å². The lowest BCUT2D eigenvalue weighted by Gasteiger charge is -2.30. The van der Waals surface area contributed by atoms with Crippen molar-refractivity contribution in [2.75, 3.05) is 33.4 Å². The van der Waals surface area contributed by atoms with Crippen LogP contribution < -0.4 is 10.1 Å². The van der Waals surface area contributed by atoms with Gasteiger partial charge in [-0.1, -0.05) is 32.0 Å². The zero-order valence-corrected chi connectivity index (χ0v) is 16.2. The summed E-state index contributed by atoms with van der Waals surface area (Å²) < 4.78 is 11.4. The van der Waals surface area contributed by atoms with Gasteiger partial charge >= 0.3 is 0 Å². The standard InChI is InChI=1S/C21H32N2O3/c1-15(2)20-17(10-13-26-20)21(24)22-14-18(23-11-6-7-12-23)16-8-4-5-9-19(16)25-3/h4-5,8-9,15,17-18,20H,6-7,10-14H2,1-3H3,(H,22,24)/t17-,18+,20+/m1/s1. The second-order valence-electron chi connectivity index (χ2n) is 7.72. The SMILES string of the molecule is COc1ccccc1[C@H](CNC(=O)[C@@H]1CCO[C@H]1C(C)C)N1CCCC1. The van der Waals surface area contributed by atoms with Crippen LogP contribution in [0.3, 0.4) is 0 Å². The molecule has 1 N–H and O–H groups in total. The van der Waals surface area contributed by atoms with Crippen molar-refractivity contribution in [3.05, 3.63) is 29.8 Å². The number of amides is 1. The van der Waals surface area contributed by atoms with E-state index in [1.54, 1.807) is 7.11 Å². The van der Waals surface area contributed by atoms with Crippen LogP contribution in [0.5, 0.6) is 5.75 Å². The smallest absolute Gasteiger partial charge is 0.225 e. The summed E-state index contributed by atoms with van der Waals surface area (Å²) in [4.78, 5) is 15.3. The molecule has 3 rings (SSSR count). The Morgan fingerprint density at radius 2 is 2.04 bits per heavy atom. The average molecular weight is 360 g/mol. The number of nitrogens with zero attached hydrogens (tertiary/aromatic N) is 1. The number of carbonyl (C=O) groups excluding carboxylic acids is 1. The molecule has 2 aliphatic heterocycles. The lowest BCUT2D eigenvalue weighted by Crippen LogP contribution is -2.42. The minimum absolute atomic E-state index is 0.0338. The van der Waals surface area contributed by atoms with Crippen molar-refractivity contribution in [2.45, 2.75) is 45.3 Å². The molecule has 0 radical (unpaired) electrons. The average Bonchev–Trinajstić information content (AvgIpc) is 3.34. The molecule has 0 aliphatic carbocycles.